The van der Waals surface area contributed by atoms with E-state index in [0.29, 0.717) is 17.7 Å². The van der Waals surface area contributed by atoms with Crippen LogP contribution in [0.25, 0.3) is 0 Å². The molecule has 5 heteroatoms. The minimum atomic E-state index is -0.187. The average molecular weight is 367 g/mol. The van der Waals surface area contributed by atoms with Gasteiger partial charge in [0.25, 0.3) is 5.91 Å². The van der Waals surface area contributed by atoms with Crippen molar-refractivity contribution in [3.8, 4) is 0 Å². The zero-order valence-corrected chi connectivity index (χ0v) is 15.6. The van der Waals surface area contributed by atoms with Gasteiger partial charge in [-0.1, -0.05) is 24.6 Å². The van der Waals surface area contributed by atoms with Crippen LogP contribution in [0.4, 0.5) is 4.39 Å². The molecule has 1 aromatic heterocycles. The van der Waals surface area contributed by atoms with E-state index in [1.165, 1.54) is 31.4 Å². The summed E-state index contributed by atoms with van der Waals surface area (Å²) in [5.41, 5.74) is 1.70. The van der Waals surface area contributed by atoms with Crippen LogP contribution >= 0.6 is 0 Å². The van der Waals surface area contributed by atoms with Crippen molar-refractivity contribution in [2.24, 2.45) is 5.92 Å². The maximum atomic E-state index is 13.1. The molecule has 2 fully saturated rings. The molecule has 2 saturated heterocycles. The molecule has 4 rings (SSSR count). The van der Waals surface area contributed by atoms with Crippen molar-refractivity contribution in [3.05, 3.63) is 65.7 Å². The number of nitrogens with zero attached hydrogens (tertiary/aromatic N) is 3. The van der Waals surface area contributed by atoms with Crippen LogP contribution in [0.15, 0.2) is 48.7 Å². The fourth-order valence-corrected chi connectivity index (χ4v) is 4.46. The van der Waals surface area contributed by atoms with Crippen LogP contribution in [-0.2, 0) is 6.42 Å². The normalized spacial score (nSPS) is 23.1. The minimum absolute atomic E-state index is 0.0437. The van der Waals surface area contributed by atoms with Crippen LogP contribution in [-0.4, -0.2) is 52.9 Å². The molecule has 0 N–H and O–H groups in total. The number of carbonyl (C=O) groups excluding carboxylic acids is 1. The zero-order chi connectivity index (χ0) is 18.6. The van der Waals surface area contributed by atoms with Gasteiger partial charge in [-0.05, 0) is 61.6 Å². The highest BCUT2D eigenvalue weighted by atomic mass is 19.1. The summed E-state index contributed by atoms with van der Waals surface area (Å²) in [5, 5.41) is 0. The number of benzene rings is 1. The van der Waals surface area contributed by atoms with Gasteiger partial charge >= 0.3 is 0 Å². The van der Waals surface area contributed by atoms with E-state index in [0.717, 1.165) is 38.2 Å². The zero-order valence-electron chi connectivity index (χ0n) is 15.6. The second-order valence-corrected chi connectivity index (χ2v) is 7.66. The number of pyridine rings is 1. The molecule has 0 aliphatic carbocycles. The van der Waals surface area contributed by atoms with E-state index >= 15 is 0 Å². The first kappa shape index (κ1) is 18.1. The number of likely N-dealkylation sites (tertiary alicyclic amines) is 2. The Hall–Kier alpha value is -2.27. The van der Waals surface area contributed by atoms with E-state index in [9.17, 15) is 9.18 Å². The van der Waals surface area contributed by atoms with Gasteiger partial charge < -0.3 is 4.90 Å². The predicted octanol–water partition coefficient (Wildman–Crippen LogP) is 3.39. The van der Waals surface area contributed by atoms with Crippen LogP contribution in [0.1, 0.15) is 35.3 Å². The quantitative estimate of drug-likeness (QED) is 0.831. The Morgan fingerprint density at radius 2 is 1.96 bits per heavy atom. The molecule has 1 amide bonds. The van der Waals surface area contributed by atoms with Crippen LogP contribution in [0.2, 0.25) is 0 Å². The van der Waals surface area contributed by atoms with E-state index < -0.39 is 0 Å². The Labute approximate surface area is 160 Å². The molecule has 0 unspecified atom stereocenters. The molecular formula is C22H26FN3O. The molecule has 2 aliphatic rings. The number of hydrogen-bond acceptors (Lipinski definition) is 3. The molecule has 0 saturated carbocycles. The molecular weight excluding hydrogens is 341 g/mol. The molecule has 3 heterocycles. The maximum Gasteiger partial charge on any atom is 0.272 e. The van der Waals surface area contributed by atoms with Gasteiger partial charge in [0.05, 0.1) is 0 Å². The Morgan fingerprint density at radius 3 is 2.74 bits per heavy atom. The summed E-state index contributed by atoms with van der Waals surface area (Å²) in [4.78, 5) is 21.6. The van der Waals surface area contributed by atoms with E-state index in [-0.39, 0.29) is 11.7 Å². The lowest BCUT2D eigenvalue weighted by Gasteiger charge is -2.30. The summed E-state index contributed by atoms with van der Waals surface area (Å²) in [5.74, 6) is 0.392. The van der Waals surface area contributed by atoms with Crippen molar-refractivity contribution < 1.29 is 9.18 Å². The van der Waals surface area contributed by atoms with Crippen molar-refractivity contribution in [1.82, 2.24) is 14.8 Å². The van der Waals surface area contributed by atoms with Crippen LogP contribution in [0.5, 0.6) is 0 Å². The lowest BCUT2D eigenvalue weighted by Crippen LogP contribution is -2.42. The number of amides is 1. The van der Waals surface area contributed by atoms with Crippen molar-refractivity contribution in [1.29, 1.82) is 0 Å². The van der Waals surface area contributed by atoms with Gasteiger partial charge in [0.1, 0.15) is 11.5 Å². The number of hydrogen-bond donors (Lipinski definition) is 0. The Morgan fingerprint density at radius 1 is 1.11 bits per heavy atom. The van der Waals surface area contributed by atoms with Gasteiger partial charge in [0.2, 0.25) is 0 Å². The molecule has 4 nitrogen and oxygen atoms in total. The van der Waals surface area contributed by atoms with E-state index in [1.807, 2.05) is 29.2 Å². The molecule has 0 radical (unpaired) electrons. The summed E-state index contributed by atoms with van der Waals surface area (Å²) in [6.07, 6.45) is 6.21. The first-order valence-corrected chi connectivity index (χ1v) is 9.89. The van der Waals surface area contributed by atoms with E-state index in [4.69, 9.17) is 0 Å². The first-order chi connectivity index (χ1) is 13.2. The van der Waals surface area contributed by atoms with Gasteiger partial charge in [-0.25, -0.2) is 4.39 Å². The number of halogens is 1. The van der Waals surface area contributed by atoms with Crippen LogP contribution < -0.4 is 0 Å². The van der Waals surface area contributed by atoms with Gasteiger partial charge in [-0.15, -0.1) is 0 Å². The third kappa shape index (κ3) is 4.19. The fraction of sp³-hybridized carbons (Fsp3) is 0.455. The topological polar surface area (TPSA) is 36.4 Å². The van der Waals surface area contributed by atoms with Crippen molar-refractivity contribution in [2.45, 2.75) is 31.7 Å². The lowest BCUT2D eigenvalue weighted by molar-refractivity contribution is 0.0768. The van der Waals surface area contributed by atoms with Crippen LogP contribution in [0.3, 0.4) is 0 Å². The Kier molecular flexibility index (Phi) is 5.48. The third-order valence-electron chi connectivity index (χ3n) is 5.92. The largest absolute Gasteiger partial charge is 0.335 e. The first-order valence-electron chi connectivity index (χ1n) is 9.89. The van der Waals surface area contributed by atoms with Crippen molar-refractivity contribution >= 4 is 5.91 Å². The fourth-order valence-electron chi connectivity index (χ4n) is 4.46. The summed E-state index contributed by atoms with van der Waals surface area (Å²) < 4.78 is 13.1. The molecule has 142 valence electrons. The summed E-state index contributed by atoms with van der Waals surface area (Å²) in [7, 11) is 0. The van der Waals surface area contributed by atoms with Crippen molar-refractivity contribution in [3.63, 3.8) is 0 Å². The molecule has 1 aromatic carbocycles. The van der Waals surface area contributed by atoms with E-state index in [1.54, 1.807) is 12.3 Å². The second-order valence-electron chi connectivity index (χ2n) is 7.66. The molecule has 0 bridgehead atoms. The minimum Gasteiger partial charge on any atom is -0.335 e. The Bertz CT molecular complexity index is 765. The van der Waals surface area contributed by atoms with Gasteiger partial charge in [-0.2, -0.15) is 0 Å². The lowest BCUT2D eigenvalue weighted by atomic mass is 9.98. The Balaban J connectivity index is 1.42. The molecule has 2 aliphatic heterocycles. The number of rotatable bonds is 4. The number of aromatic nitrogens is 1. The third-order valence-corrected chi connectivity index (χ3v) is 5.92. The van der Waals surface area contributed by atoms with Crippen molar-refractivity contribution in [2.75, 3.05) is 26.2 Å². The average Bonchev–Trinajstić information content (AvgIpc) is 3.04. The highest BCUT2D eigenvalue weighted by Gasteiger charge is 2.39. The standard InChI is InChI=1S/C22H26FN3O/c23-19-9-7-17(8-10-19)11-14-25-13-4-2-5-18-15-26(16-21(18)25)22(27)20-6-1-3-12-24-20/h1,3,6-10,12,18,21H,2,4-5,11,13-16H2/t18-,21+/m0/s1. The summed E-state index contributed by atoms with van der Waals surface area (Å²) in [6.45, 7) is 3.64. The monoisotopic (exact) mass is 367 g/mol. The second kappa shape index (κ2) is 8.17. The molecule has 2 atom stereocenters. The maximum absolute atomic E-state index is 13.1. The smallest absolute Gasteiger partial charge is 0.272 e. The van der Waals surface area contributed by atoms with Gasteiger partial charge in [-0.3, -0.25) is 14.7 Å². The highest BCUT2D eigenvalue weighted by molar-refractivity contribution is 5.92. The molecule has 0 spiro atoms. The van der Waals surface area contributed by atoms with Crippen LogP contribution in [0, 0.1) is 11.7 Å². The highest BCUT2D eigenvalue weighted by Crippen LogP contribution is 2.30. The number of fused-ring (bicyclic) bond motifs is 1. The SMILES string of the molecule is O=C(c1ccccn1)N1C[C@@H]2CCCCN(CCc3ccc(F)cc3)[C@@H]2C1. The summed E-state index contributed by atoms with van der Waals surface area (Å²) >= 11 is 0. The van der Waals surface area contributed by atoms with Gasteiger partial charge in [0, 0.05) is 31.9 Å². The molecule has 2 aromatic rings. The molecule has 27 heavy (non-hydrogen) atoms. The van der Waals surface area contributed by atoms with Gasteiger partial charge in [0.15, 0.2) is 0 Å². The van der Waals surface area contributed by atoms with E-state index in [2.05, 4.69) is 9.88 Å². The predicted molar refractivity (Wildman–Crippen MR) is 103 cm³/mol. The number of carbonyl (C=O) groups is 1. The summed E-state index contributed by atoms with van der Waals surface area (Å²) in [6, 6.07) is 12.7.